The molecule has 0 fully saturated rings. The highest BCUT2D eigenvalue weighted by atomic mass is 35.5. The van der Waals surface area contributed by atoms with Gasteiger partial charge in [0, 0.05) is 5.02 Å². The molecule has 0 aliphatic heterocycles. The molecule has 0 aliphatic rings. The largest absolute Gasteiger partial charge is 0.492 e. The summed E-state index contributed by atoms with van der Waals surface area (Å²) in [5, 5.41) is 3.16. The van der Waals surface area contributed by atoms with Crippen LogP contribution in [0.1, 0.15) is 31.9 Å². The van der Waals surface area contributed by atoms with Gasteiger partial charge >= 0.3 is 0 Å². The number of amides is 1. The fraction of sp³-hybridized carbons (Fsp3) is 0.296. The van der Waals surface area contributed by atoms with Gasteiger partial charge in [-0.25, -0.2) is 8.42 Å². The zero-order valence-corrected chi connectivity index (χ0v) is 22.0. The maximum absolute atomic E-state index is 13.4. The van der Waals surface area contributed by atoms with E-state index in [1.165, 1.54) is 17.7 Å². The summed E-state index contributed by atoms with van der Waals surface area (Å²) in [6.07, 6.45) is 0. The van der Waals surface area contributed by atoms with Crippen molar-refractivity contribution < 1.29 is 17.9 Å². The lowest BCUT2D eigenvalue weighted by molar-refractivity contribution is -0.119. The summed E-state index contributed by atoms with van der Waals surface area (Å²) in [7, 11) is -4.00. The Hall–Kier alpha value is -3.03. The number of anilines is 1. The van der Waals surface area contributed by atoms with Crippen molar-refractivity contribution in [3.8, 4) is 5.75 Å². The van der Waals surface area contributed by atoms with Gasteiger partial charge in [0.1, 0.15) is 18.9 Å². The first-order valence-corrected chi connectivity index (χ1v) is 13.1. The molecule has 1 N–H and O–H groups in total. The van der Waals surface area contributed by atoms with E-state index in [-0.39, 0.29) is 23.5 Å². The third-order valence-corrected chi connectivity index (χ3v) is 7.72. The van der Waals surface area contributed by atoms with E-state index in [2.05, 4.69) is 26.1 Å². The minimum atomic E-state index is -4.00. The molecule has 0 aromatic heterocycles. The van der Waals surface area contributed by atoms with Crippen molar-refractivity contribution in [1.29, 1.82) is 0 Å². The lowest BCUT2D eigenvalue weighted by Crippen LogP contribution is -2.42. The van der Waals surface area contributed by atoms with E-state index in [0.717, 1.165) is 4.31 Å². The molecular weight excluding hydrogens is 484 g/mol. The van der Waals surface area contributed by atoms with Crippen molar-refractivity contribution >= 4 is 33.2 Å². The van der Waals surface area contributed by atoms with Gasteiger partial charge in [-0.3, -0.25) is 9.10 Å². The first-order valence-electron chi connectivity index (χ1n) is 11.3. The normalized spacial score (nSPS) is 11.7. The lowest BCUT2D eigenvalue weighted by atomic mass is 9.87. The summed E-state index contributed by atoms with van der Waals surface area (Å²) in [6, 6.07) is 20.8. The molecule has 3 aromatic rings. The maximum Gasteiger partial charge on any atom is 0.264 e. The predicted octanol–water partition coefficient (Wildman–Crippen LogP) is 5.34. The molecule has 8 heteroatoms. The molecule has 0 aliphatic carbocycles. The molecule has 0 saturated carbocycles. The topological polar surface area (TPSA) is 75.7 Å². The summed E-state index contributed by atoms with van der Waals surface area (Å²) in [6.45, 7) is 8.25. The number of carbonyl (C=O) groups is 1. The van der Waals surface area contributed by atoms with E-state index in [1.54, 1.807) is 43.3 Å². The van der Waals surface area contributed by atoms with Crippen molar-refractivity contribution in [3.63, 3.8) is 0 Å². The Morgan fingerprint density at radius 2 is 1.63 bits per heavy atom. The number of hydrogen-bond donors (Lipinski definition) is 1. The van der Waals surface area contributed by atoms with Crippen LogP contribution in [-0.4, -0.2) is 34.0 Å². The van der Waals surface area contributed by atoms with Gasteiger partial charge < -0.3 is 10.1 Å². The monoisotopic (exact) mass is 514 g/mol. The van der Waals surface area contributed by atoms with Crippen LogP contribution in [0, 0.1) is 6.92 Å². The molecule has 0 atom stereocenters. The summed E-state index contributed by atoms with van der Waals surface area (Å²) in [5.41, 5.74) is 2.18. The molecule has 3 aromatic carbocycles. The quantitative estimate of drug-likeness (QED) is 0.391. The Bertz CT molecular complexity index is 1250. The van der Waals surface area contributed by atoms with E-state index in [1.807, 2.05) is 24.3 Å². The van der Waals surface area contributed by atoms with Crippen molar-refractivity contribution in [2.45, 2.75) is 38.0 Å². The number of sulfonamides is 1. The number of halogens is 1. The fourth-order valence-electron chi connectivity index (χ4n) is 3.48. The van der Waals surface area contributed by atoms with Crippen LogP contribution >= 0.6 is 11.6 Å². The maximum atomic E-state index is 13.4. The summed E-state index contributed by atoms with van der Waals surface area (Å²) in [4.78, 5) is 12.9. The van der Waals surface area contributed by atoms with E-state index in [9.17, 15) is 13.2 Å². The number of ether oxygens (including phenoxy) is 1. The van der Waals surface area contributed by atoms with E-state index in [0.29, 0.717) is 22.0 Å². The molecule has 0 saturated heterocycles. The van der Waals surface area contributed by atoms with Gasteiger partial charge in [-0.05, 0) is 59.9 Å². The van der Waals surface area contributed by atoms with Crippen molar-refractivity contribution in [1.82, 2.24) is 5.32 Å². The zero-order chi connectivity index (χ0) is 25.6. The van der Waals surface area contributed by atoms with Crippen molar-refractivity contribution in [2.75, 3.05) is 24.0 Å². The summed E-state index contributed by atoms with van der Waals surface area (Å²) in [5.74, 6) is 0.255. The van der Waals surface area contributed by atoms with Crippen molar-refractivity contribution in [3.05, 3.63) is 88.9 Å². The minimum Gasteiger partial charge on any atom is -0.492 e. The summed E-state index contributed by atoms with van der Waals surface area (Å²) >= 11 is 6.25. The Labute approximate surface area is 212 Å². The molecule has 1 amide bonds. The Morgan fingerprint density at radius 1 is 0.971 bits per heavy atom. The molecule has 3 rings (SSSR count). The zero-order valence-electron chi connectivity index (χ0n) is 20.4. The van der Waals surface area contributed by atoms with Crippen LogP contribution < -0.4 is 14.4 Å². The second-order valence-corrected chi connectivity index (χ2v) is 11.5. The van der Waals surface area contributed by atoms with E-state index < -0.39 is 22.5 Å². The standard InChI is InChI=1S/C27H31ClN2O4S/c1-20-24(28)11-8-12-25(20)30(35(32,33)23-9-6-5-7-10-23)19-26(31)29-17-18-34-22-15-13-21(14-16-22)27(2,3)4/h5-16H,17-19H2,1-4H3,(H,29,31). The number of hydrogen-bond acceptors (Lipinski definition) is 4. The van der Waals surface area contributed by atoms with Crippen LogP contribution in [0.15, 0.2) is 77.7 Å². The smallest absolute Gasteiger partial charge is 0.264 e. The minimum absolute atomic E-state index is 0.0554. The first-order chi connectivity index (χ1) is 16.5. The molecule has 0 spiro atoms. The highest BCUT2D eigenvalue weighted by Gasteiger charge is 2.28. The van der Waals surface area contributed by atoms with Gasteiger partial charge in [-0.2, -0.15) is 0 Å². The summed E-state index contributed by atoms with van der Waals surface area (Å²) < 4.78 is 33.7. The molecule has 0 radical (unpaired) electrons. The van der Waals surface area contributed by atoms with Gasteiger partial charge in [-0.1, -0.05) is 68.8 Å². The molecular formula is C27H31ClN2O4S. The molecule has 0 heterocycles. The molecule has 0 bridgehead atoms. The van der Waals surface area contributed by atoms with Gasteiger partial charge in [0.15, 0.2) is 0 Å². The Balaban J connectivity index is 1.68. The molecule has 0 unspecified atom stereocenters. The number of benzene rings is 3. The molecule has 6 nitrogen and oxygen atoms in total. The predicted molar refractivity (Wildman–Crippen MR) is 141 cm³/mol. The second-order valence-electron chi connectivity index (χ2n) is 9.18. The Morgan fingerprint density at radius 3 is 2.26 bits per heavy atom. The average molecular weight is 515 g/mol. The van der Waals surface area contributed by atoms with Crippen LogP contribution in [0.5, 0.6) is 5.75 Å². The van der Waals surface area contributed by atoms with Crippen LogP contribution in [0.2, 0.25) is 5.02 Å². The highest BCUT2D eigenvalue weighted by molar-refractivity contribution is 7.92. The van der Waals surface area contributed by atoms with Gasteiger partial charge in [-0.15, -0.1) is 0 Å². The van der Waals surface area contributed by atoms with Gasteiger partial charge in [0.25, 0.3) is 10.0 Å². The number of rotatable bonds is 9. The number of nitrogens with zero attached hydrogens (tertiary/aromatic N) is 1. The van der Waals surface area contributed by atoms with Crippen molar-refractivity contribution in [2.24, 2.45) is 0 Å². The first kappa shape index (κ1) is 26.6. The van der Waals surface area contributed by atoms with E-state index >= 15 is 0 Å². The SMILES string of the molecule is Cc1c(Cl)cccc1N(CC(=O)NCCOc1ccc(C(C)(C)C)cc1)S(=O)(=O)c1ccccc1. The third kappa shape index (κ3) is 6.77. The van der Waals surface area contributed by atoms with Gasteiger partial charge in [0.2, 0.25) is 5.91 Å². The highest BCUT2D eigenvalue weighted by Crippen LogP contribution is 2.30. The van der Waals surface area contributed by atoms with Gasteiger partial charge in [0.05, 0.1) is 17.1 Å². The molecule has 186 valence electrons. The number of nitrogens with one attached hydrogen (secondary N) is 1. The van der Waals surface area contributed by atoms with Crippen LogP contribution in [-0.2, 0) is 20.2 Å². The van der Waals surface area contributed by atoms with Crippen LogP contribution in [0.25, 0.3) is 0 Å². The van der Waals surface area contributed by atoms with Crippen LogP contribution in [0.4, 0.5) is 5.69 Å². The van der Waals surface area contributed by atoms with Crippen LogP contribution in [0.3, 0.4) is 0 Å². The Kier molecular flexibility index (Phi) is 8.46. The molecule has 35 heavy (non-hydrogen) atoms. The number of carbonyl (C=O) groups excluding carboxylic acids is 1. The second kappa shape index (κ2) is 11.1. The third-order valence-electron chi connectivity index (χ3n) is 5.54. The lowest BCUT2D eigenvalue weighted by Gasteiger charge is -2.26. The van der Waals surface area contributed by atoms with E-state index in [4.69, 9.17) is 16.3 Å². The fourth-order valence-corrected chi connectivity index (χ4v) is 5.15. The average Bonchev–Trinajstić information content (AvgIpc) is 2.82.